The number of benzene rings is 2. The van der Waals surface area contributed by atoms with Gasteiger partial charge in [0.1, 0.15) is 23.7 Å². The Hall–Kier alpha value is -2.03. The van der Waals surface area contributed by atoms with E-state index in [1.165, 1.54) is 36.3 Å². The Morgan fingerprint density at radius 3 is 2.35 bits per heavy atom. The van der Waals surface area contributed by atoms with Crippen molar-refractivity contribution in [1.82, 2.24) is 4.90 Å². The van der Waals surface area contributed by atoms with E-state index in [1.54, 1.807) is 0 Å². The van der Waals surface area contributed by atoms with Gasteiger partial charge in [-0.2, -0.15) is 13.2 Å². The Morgan fingerprint density at radius 2 is 1.76 bits per heavy atom. The Labute approximate surface area is 204 Å². The molecule has 2 aromatic carbocycles. The molecule has 0 spiro atoms. The number of nitrogens with zero attached hydrogens (tertiary/aromatic N) is 1. The van der Waals surface area contributed by atoms with Crippen LogP contribution in [0.15, 0.2) is 30.3 Å². The van der Waals surface area contributed by atoms with Crippen molar-refractivity contribution in [2.75, 3.05) is 20.2 Å². The molecule has 0 N–H and O–H groups in total. The second kappa shape index (κ2) is 9.91. The third kappa shape index (κ3) is 5.61. The fraction of sp³-hybridized carbons (Fsp3) is 0.458. The summed E-state index contributed by atoms with van der Waals surface area (Å²) < 4.78 is 67.7. The molecule has 2 fully saturated rings. The monoisotopic (exact) mass is 519 g/mol. The number of alkyl halides is 3. The molecular formula is C24H23Cl2F4NO3. The summed E-state index contributed by atoms with van der Waals surface area (Å²) in [4.78, 5) is 13.2. The maximum atomic E-state index is 14.6. The van der Waals surface area contributed by atoms with Crippen LogP contribution in [0.2, 0.25) is 10.0 Å². The van der Waals surface area contributed by atoms with Crippen LogP contribution in [0.5, 0.6) is 5.75 Å². The van der Waals surface area contributed by atoms with Gasteiger partial charge in [0.2, 0.25) is 0 Å². The lowest BCUT2D eigenvalue weighted by molar-refractivity contribution is -0.192. The smallest absolute Gasteiger partial charge is 0.408 e. The zero-order valence-electron chi connectivity index (χ0n) is 18.3. The Morgan fingerprint density at radius 1 is 1.09 bits per heavy atom. The van der Waals surface area contributed by atoms with Gasteiger partial charge in [-0.05, 0) is 73.5 Å². The summed E-state index contributed by atoms with van der Waals surface area (Å²) in [5, 5.41) is 0.244. The number of likely N-dealkylation sites (tertiary alicyclic amines) is 1. The third-order valence-corrected chi connectivity index (χ3v) is 6.54. The molecule has 2 atom stereocenters. The van der Waals surface area contributed by atoms with E-state index in [1.807, 2.05) is 0 Å². The summed E-state index contributed by atoms with van der Waals surface area (Å²) in [6.07, 6.45) is -2.44. The van der Waals surface area contributed by atoms with E-state index in [0.717, 1.165) is 18.9 Å². The van der Waals surface area contributed by atoms with Gasteiger partial charge in [-0.1, -0.05) is 23.2 Å². The van der Waals surface area contributed by atoms with E-state index in [4.69, 9.17) is 27.9 Å². The molecule has 1 heterocycles. The summed E-state index contributed by atoms with van der Waals surface area (Å²) >= 11 is 11.9. The molecule has 0 unspecified atom stereocenters. The largest absolute Gasteiger partial charge is 0.489 e. The molecule has 1 aliphatic heterocycles. The minimum absolute atomic E-state index is 0.0151. The molecule has 10 heteroatoms. The highest BCUT2D eigenvalue weighted by Crippen LogP contribution is 2.46. The van der Waals surface area contributed by atoms with Crippen LogP contribution in [-0.2, 0) is 4.74 Å². The van der Waals surface area contributed by atoms with Crippen LogP contribution >= 0.6 is 23.2 Å². The molecule has 1 aliphatic carbocycles. The van der Waals surface area contributed by atoms with Crippen molar-refractivity contribution in [3.8, 4) is 5.75 Å². The zero-order valence-corrected chi connectivity index (χ0v) is 19.8. The zero-order chi connectivity index (χ0) is 24.6. The maximum Gasteiger partial charge on any atom is 0.408 e. The second-order valence-corrected chi connectivity index (χ2v) is 9.53. The molecule has 4 nitrogen and oxygen atoms in total. The van der Waals surface area contributed by atoms with Gasteiger partial charge in [0.15, 0.2) is 0 Å². The number of carbonyl (C=O) groups is 1. The van der Waals surface area contributed by atoms with Crippen LogP contribution in [-0.4, -0.2) is 43.3 Å². The van der Waals surface area contributed by atoms with Crippen LogP contribution in [0, 0.1) is 5.82 Å². The second-order valence-electron chi connectivity index (χ2n) is 8.66. The summed E-state index contributed by atoms with van der Waals surface area (Å²) in [6.45, 7) is 0.193. The van der Waals surface area contributed by atoms with Crippen molar-refractivity contribution in [2.45, 2.75) is 49.9 Å². The van der Waals surface area contributed by atoms with Crippen molar-refractivity contribution >= 4 is 29.2 Å². The van der Waals surface area contributed by atoms with Gasteiger partial charge in [0.25, 0.3) is 0 Å². The minimum atomic E-state index is -4.57. The van der Waals surface area contributed by atoms with Gasteiger partial charge in [0.05, 0.1) is 12.7 Å². The summed E-state index contributed by atoms with van der Waals surface area (Å²) in [5.74, 6) is -1.20. The van der Waals surface area contributed by atoms with Gasteiger partial charge >= 0.3 is 12.1 Å². The van der Waals surface area contributed by atoms with Crippen LogP contribution in [0.1, 0.15) is 59.1 Å². The van der Waals surface area contributed by atoms with E-state index in [-0.39, 0.29) is 45.9 Å². The number of hydrogen-bond acceptors (Lipinski definition) is 4. The van der Waals surface area contributed by atoms with Crippen LogP contribution < -0.4 is 4.74 Å². The number of piperidine rings is 1. The molecule has 1 saturated carbocycles. The Balaban J connectivity index is 1.59. The molecule has 34 heavy (non-hydrogen) atoms. The highest BCUT2D eigenvalue weighted by Gasteiger charge is 2.46. The molecular weight excluding hydrogens is 497 g/mol. The van der Waals surface area contributed by atoms with E-state index in [0.29, 0.717) is 18.4 Å². The highest BCUT2D eigenvalue weighted by atomic mass is 35.5. The van der Waals surface area contributed by atoms with Crippen LogP contribution in [0.3, 0.4) is 0 Å². The number of rotatable bonds is 6. The van der Waals surface area contributed by atoms with Crippen molar-refractivity contribution in [3.05, 3.63) is 62.9 Å². The quantitative estimate of drug-likeness (QED) is 0.306. The van der Waals surface area contributed by atoms with Crippen molar-refractivity contribution in [2.24, 2.45) is 0 Å². The average Bonchev–Trinajstić information content (AvgIpc) is 3.57. The van der Waals surface area contributed by atoms with Crippen molar-refractivity contribution in [1.29, 1.82) is 0 Å². The fourth-order valence-corrected chi connectivity index (χ4v) is 5.01. The number of halogens is 6. The van der Waals surface area contributed by atoms with Gasteiger partial charge in [-0.25, -0.2) is 9.18 Å². The standard InChI is InChI=1S/C24H23Cl2F4NO3/c1-33-23(32)19-10-18(13-4-5-13)21(11-20(19)27)34-17-3-2-6-31(12-17)22(24(28,29)30)14-7-15(25)9-16(26)8-14/h7-11,13,17,22H,2-6,12H2,1H3/t17-,22-/m1/s1. The van der Waals surface area contributed by atoms with Gasteiger partial charge < -0.3 is 9.47 Å². The molecule has 1 saturated heterocycles. The number of methoxy groups -OCH3 is 1. The fourth-order valence-electron chi connectivity index (χ4n) is 4.47. The van der Waals surface area contributed by atoms with E-state index in [9.17, 15) is 22.4 Å². The first-order valence-corrected chi connectivity index (χ1v) is 11.7. The van der Waals surface area contributed by atoms with Gasteiger partial charge in [-0.15, -0.1) is 0 Å². The predicted molar refractivity (Wildman–Crippen MR) is 120 cm³/mol. The number of carbonyl (C=O) groups excluding carboxylic acids is 1. The van der Waals surface area contributed by atoms with Gasteiger partial charge in [0, 0.05) is 22.7 Å². The summed E-state index contributed by atoms with van der Waals surface area (Å²) in [6, 6.07) is 4.58. The first-order valence-electron chi connectivity index (χ1n) is 10.9. The third-order valence-electron chi connectivity index (χ3n) is 6.10. The molecule has 2 aliphatic rings. The summed E-state index contributed by atoms with van der Waals surface area (Å²) in [7, 11) is 1.17. The van der Waals surface area contributed by atoms with Crippen LogP contribution in [0.4, 0.5) is 17.6 Å². The first kappa shape index (κ1) is 25.1. The SMILES string of the molecule is COC(=O)c1cc(C2CC2)c(O[C@@H]2CCCN([C@H](c3cc(Cl)cc(Cl)c3)C(F)(F)F)C2)cc1F. The van der Waals surface area contributed by atoms with E-state index >= 15 is 0 Å². The lowest BCUT2D eigenvalue weighted by atomic mass is 9.99. The first-order chi connectivity index (χ1) is 16.1. The predicted octanol–water partition coefficient (Wildman–Crippen LogP) is 6.94. The lowest BCUT2D eigenvalue weighted by Gasteiger charge is -2.39. The molecule has 0 radical (unpaired) electrons. The number of hydrogen-bond donors (Lipinski definition) is 0. The lowest BCUT2D eigenvalue weighted by Crippen LogP contribution is -2.47. The molecule has 4 rings (SSSR count). The number of esters is 1. The molecule has 184 valence electrons. The number of ether oxygens (including phenoxy) is 2. The molecule has 0 amide bonds. The maximum absolute atomic E-state index is 14.6. The molecule has 0 aromatic heterocycles. The van der Waals surface area contributed by atoms with Crippen molar-refractivity contribution < 1.29 is 31.8 Å². The minimum Gasteiger partial charge on any atom is -0.489 e. The van der Waals surface area contributed by atoms with E-state index in [2.05, 4.69) is 4.74 Å². The Bertz CT molecular complexity index is 1050. The highest BCUT2D eigenvalue weighted by molar-refractivity contribution is 6.34. The average molecular weight is 520 g/mol. The van der Waals surface area contributed by atoms with Gasteiger partial charge in [-0.3, -0.25) is 4.90 Å². The molecule has 2 aromatic rings. The Kier molecular flexibility index (Phi) is 7.31. The molecule has 0 bridgehead atoms. The summed E-state index contributed by atoms with van der Waals surface area (Å²) in [5.41, 5.74) is 0.447. The topological polar surface area (TPSA) is 38.8 Å². The van der Waals surface area contributed by atoms with Crippen molar-refractivity contribution in [3.63, 3.8) is 0 Å². The van der Waals surface area contributed by atoms with Crippen LogP contribution in [0.25, 0.3) is 0 Å². The normalized spacial score (nSPS) is 20.1. The van der Waals surface area contributed by atoms with E-state index < -0.39 is 30.1 Å².